The van der Waals surface area contributed by atoms with Crippen molar-refractivity contribution in [1.82, 2.24) is 0 Å². The van der Waals surface area contributed by atoms with Gasteiger partial charge in [-0.25, -0.2) is 0 Å². The number of carbonyl (C=O) groups excluding carboxylic acids is 1. The monoisotopic (exact) mass is 200 g/mol. The molecular formula is C9H16O3Si. The van der Waals surface area contributed by atoms with E-state index in [1.165, 1.54) is 6.92 Å². The maximum Gasteiger partial charge on any atom is 0.304 e. The Balaban J connectivity index is 2.60. The van der Waals surface area contributed by atoms with Gasteiger partial charge < -0.3 is 9.47 Å². The van der Waals surface area contributed by atoms with Gasteiger partial charge in [0.1, 0.15) is 9.52 Å². The minimum Gasteiger partial charge on any atom is -0.438 e. The van der Waals surface area contributed by atoms with Crippen LogP contribution in [0.1, 0.15) is 26.2 Å². The molecule has 3 nitrogen and oxygen atoms in total. The molecule has 0 aromatic carbocycles. The fraction of sp³-hybridized carbons (Fsp3) is 0.667. The second-order valence-corrected chi connectivity index (χ2v) is 5.37. The Morgan fingerprint density at radius 3 is 2.92 bits per heavy atom. The highest BCUT2D eigenvalue weighted by atomic mass is 28.2. The van der Waals surface area contributed by atoms with Crippen molar-refractivity contribution in [3.63, 3.8) is 0 Å². The molecule has 4 heteroatoms. The first kappa shape index (κ1) is 10.5. The van der Waals surface area contributed by atoms with Crippen LogP contribution in [-0.4, -0.2) is 27.5 Å². The van der Waals surface area contributed by atoms with E-state index in [0.29, 0.717) is 6.61 Å². The first-order chi connectivity index (χ1) is 6.18. The lowest BCUT2D eigenvalue weighted by molar-refractivity contribution is -0.204. The zero-order valence-electron chi connectivity index (χ0n) is 8.04. The van der Waals surface area contributed by atoms with Crippen molar-refractivity contribution in [2.24, 2.45) is 0 Å². The lowest BCUT2D eigenvalue weighted by atomic mass is 10.2. The van der Waals surface area contributed by atoms with Crippen molar-refractivity contribution >= 4 is 15.5 Å². The minimum atomic E-state index is -0.675. The van der Waals surface area contributed by atoms with Gasteiger partial charge in [0.15, 0.2) is 5.41 Å². The third-order valence-corrected chi connectivity index (χ3v) is 3.71. The smallest absolute Gasteiger partial charge is 0.304 e. The molecule has 0 spiro atoms. The van der Waals surface area contributed by atoms with Crippen LogP contribution >= 0.6 is 0 Å². The lowest BCUT2D eigenvalue weighted by Gasteiger charge is -2.35. The predicted octanol–water partition coefficient (Wildman–Crippen LogP) is 0.716. The summed E-state index contributed by atoms with van der Waals surface area (Å²) in [6, 6.07) is 0. The van der Waals surface area contributed by atoms with E-state index in [0.717, 1.165) is 19.3 Å². The Morgan fingerprint density at radius 1 is 1.69 bits per heavy atom. The summed E-state index contributed by atoms with van der Waals surface area (Å²) in [5, 5.41) is 0. The fourth-order valence-corrected chi connectivity index (χ4v) is 3.03. The molecule has 1 aliphatic heterocycles. The first-order valence-corrected chi connectivity index (χ1v) is 6.15. The largest absolute Gasteiger partial charge is 0.438 e. The molecule has 0 amide bonds. The van der Waals surface area contributed by atoms with Crippen molar-refractivity contribution in [2.45, 2.75) is 31.6 Å². The number of hydrogen-bond acceptors (Lipinski definition) is 3. The molecule has 0 aromatic heterocycles. The van der Waals surface area contributed by atoms with Gasteiger partial charge in [-0.05, 0) is 12.8 Å². The fourth-order valence-electron chi connectivity index (χ4n) is 1.59. The summed E-state index contributed by atoms with van der Waals surface area (Å²) in [4.78, 5) is 10.9. The molecule has 1 fully saturated rings. The SMILES string of the molecule is C=C[SiH2]C1(OC(C)=O)CCCCO1. The summed E-state index contributed by atoms with van der Waals surface area (Å²) in [5.74, 6) is -0.253. The van der Waals surface area contributed by atoms with Crippen LogP contribution in [0.5, 0.6) is 0 Å². The average molecular weight is 200 g/mol. The van der Waals surface area contributed by atoms with E-state index in [9.17, 15) is 4.79 Å². The summed E-state index contributed by atoms with van der Waals surface area (Å²) in [6.07, 6.45) is 2.98. The highest BCUT2D eigenvalue weighted by Gasteiger charge is 2.35. The van der Waals surface area contributed by atoms with Gasteiger partial charge >= 0.3 is 5.97 Å². The Kier molecular flexibility index (Phi) is 3.68. The topological polar surface area (TPSA) is 35.5 Å². The maximum atomic E-state index is 10.9. The average Bonchev–Trinajstić information content (AvgIpc) is 2.04. The van der Waals surface area contributed by atoms with Crippen LogP contribution < -0.4 is 0 Å². The van der Waals surface area contributed by atoms with E-state index in [-0.39, 0.29) is 5.97 Å². The zero-order valence-corrected chi connectivity index (χ0v) is 9.46. The maximum absolute atomic E-state index is 10.9. The summed E-state index contributed by atoms with van der Waals surface area (Å²) in [7, 11) is -0.675. The normalized spacial score (nSPS) is 29.0. The van der Waals surface area contributed by atoms with Crippen molar-refractivity contribution in [3.8, 4) is 0 Å². The summed E-state index contributed by atoms with van der Waals surface area (Å²) in [5.41, 5.74) is 1.29. The molecule has 0 N–H and O–H groups in total. The molecule has 0 radical (unpaired) electrons. The van der Waals surface area contributed by atoms with Gasteiger partial charge in [0.2, 0.25) is 0 Å². The highest BCUT2D eigenvalue weighted by Crippen LogP contribution is 2.25. The van der Waals surface area contributed by atoms with E-state index in [2.05, 4.69) is 6.58 Å². The quantitative estimate of drug-likeness (QED) is 0.497. The molecule has 13 heavy (non-hydrogen) atoms. The van der Waals surface area contributed by atoms with Gasteiger partial charge in [-0.2, -0.15) is 0 Å². The molecule has 1 saturated heterocycles. The van der Waals surface area contributed by atoms with Crippen LogP contribution in [0.3, 0.4) is 0 Å². The zero-order chi connectivity index (χ0) is 9.73. The molecule has 1 aliphatic rings. The predicted molar refractivity (Wildman–Crippen MR) is 53.0 cm³/mol. The Labute approximate surface area is 80.9 Å². The minimum absolute atomic E-state index is 0.253. The molecule has 1 heterocycles. The highest BCUT2D eigenvalue weighted by molar-refractivity contribution is 6.45. The molecule has 0 saturated carbocycles. The number of hydrogen-bond donors (Lipinski definition) is 0. The van der Waals surface area contributed by atoms with E-state index in [1.54, 1.807) is 0 Å². The standard InChI is InChI=1S/C9H16O3Si/c1-3-13-9(12-8(2)10)6-4-5-7-11-9/h3H,1,4-7,13H2,2H3. The van der Waals surface area contributed by atoms with Crippen LogP contribution in [0.2, 0.25) is 0 Å². The first-order valence-electron chi connectivity index (χ1n) is 4.63. The third kappa shape index (κ3) is 2.97. The number of rotatable bonds is 3. The van der Waals surface area contributed by atoms with E-state index < -0.39 is 14.9 Å². The number of esters is 1. The molecule has 74 valence electrons. The van der Waals surface area contributed by atoms with Gasteiger partial charge in [-0.3, -0.25) is 4.79 Å². The van der Waals surface area contributed by atoms with Gasteiger partial charge in [-0.1, -0.05) is 0 Å². The summed E-state index contributed by atoms with van der Waals surface area (Å²) >= 11 is 0. The van der Waals surface area contributed by atoms with Gasteiger partial charge in [-0.15, -0.1) is 12.3 Å². The van der Waals surface area contributed by atoms with Crippen LogP contribution in [-0.2, 0) is 14.3 Å². The van der Waals surface area contributed by atoms with Crippen molar-refractivity contribution in [2.75, 3.05) is 6.61 Å². The Bertz CT molecular complexity index is 197. The third-order valence-electron chi connectivity index (χ3n) is 2.10. The lowest BCUT2D eigenvalue weighted by Crippen LogP contribution is -2.45. The Hall–Kier alpha value is -0.613. The Morgan fingerprint density at radius 2 is 2.46 bits per heavy atom. The van der Waals surface area contributed by atoms with Gasteiger partial charge in [0.05, 0.1) is 6.61 Å². The summed E-state index contributed by atoms with van der Waals surface area (Å²) < 4.78 is 10.8. The van der Waals surface area contributed by atoms with E-state index in [1.807, 2.05) is 5.70 Å². The number of ether oxygens (including phenoxy) is 2. The molecule has 1 rings (SSSR count). The second-order valence-electron chi connectivity index (χ2n) is 3.30. The van der Waals surface area contributed by atoms with Crippen LogP contribution in [0.25, 0.3) is 0 Å². The molecular weight excluding hydrogens is 184 g/mol. The van der Waals surface area contributed by atoms with E-state index in [4.69, 9.17) is 9.47 Å². The van der Waals surface area contributed by atoms with Gasteiger partial charge in [0.25, 0.3) is 0 Å². The molecule has 1 unspecified atom stereocenters. The van der Waals surface area contributed by atoms with Crippen LogP contribution in [0.15, 0.2) is 12.3 Å². The second kappa shape index (κ2) is 4.57. The van der Waals surface area contributed by atoms with Crippen molar-refractivity contribution < 1.29 is 14.3 Å². The molecule has 0 aliphatic carbocycles. The molecule has 0 aromatic rings. The van der Waals surface area contributed by atoms with Gasteiger partial charge in [0, 0.05) is 13.3 Å². The van der Waals surface area contributed by atoms with E-state index >= 15 is 0 Å². The van der Waals surface area contributed by atoms with Crippen molar-refractivity contribution in [1.29, 1.82) is 0 Å². The van der Waals surface area contributed by atoms with Crippen LogP contribution in [0, 0.1) is 0 Å². The van der Waals surface area contributed by atoms with Crippen molar-refractivity contribution in [3.05, 3.63) is 12.3 Å². The van der Waals surface area contributed by atoms with Crippen LogP contribution in [0.4, 0.5) is 0 Å². The summed E-state index contributed by atoms with van der Waals surface area (Å²) in [6.45, 7) is 5.83. The molecule has 0 bridgehead atoms. The number of carbonyl (C=O) groups is 1. The molecule has 1 atom stereocenters.